The smallest absolute Gasteiger partial charge is 0.122 e. The van der Waals surface area contributed by atoms with Crippen LogP contribution in [0.2, 0.25) is 5.02 Å². The van der Waals surface area contributed by atoms with Crippen molar-refractivity contribution < 1.29 is 0 Å². The summed E-state index contributed by atoms with van der Waals surface area (Å²) in [6, 6.07) is 21.4. The van der Waals surface area contributed by atoms with Crippen LogP contribution in [0.25, 0.3) is 22.4 Å². The fraction of sp³-hybridized carbons (Fsp3) is 0. The van der Waals surface area contributed by atoms with Crippen LogP contribution in [0.3, 0.4) is 0 Å². The lowest BCUT2D eigenvalue weighted by molar-refractivity contribution is 1.27. The van der Waals surface area contributed by atoms with E-state index in [-0.39, 0.29) is 0 Å². The third-order valence-corrected chi connectivity index (χ3v) is 3.94. The second-order valence-electron chi connectivity index (χ2n) is 4.79. The van der Waals surface area contributed by atoms with Gasteiger partial charge in [0.1, 0.15) is 10.7 Å². The number of aromatic amines is 1. The molecular weight excluding hydrogens is 312 g/mol. The van der Waals surface area contributed by atoms with Crippen LogP contribution < -0.4 is 0 Å². The van der Waals surface area contributed by atoms with Crippen LogP contribution in [0.1, 0.15) is 5.56 Å². The molecule has 0 spiro atoms. The van der Waals surface area contributed by atoms with Crippen molar-refractivity contribution in [1.82, 2.24) is 4.98 Å². The summed E-state index contributed by atoms with van der Waals surface area (Å²) in [4.78, 5) is 3.13. The molecule has 0 aliphatic carbocycles. The van der Waals surface area contributed by atoms with Gasteiger partial charge in [-0.05, 0) is 29.3 Å². The Morgan fingerprint density at radius 2 is 1.64 bits per heavy atom. The second kappa shape index (κ2) is 6.15. The van der Waals surface area contributed by atoms with Crippen molar-refractivity contribution in [3.63, 3.8) is 0 Å². The standard InChI is InChI=1S/C18H11ClN2S/c19-14-8-6-12(7-9-14)15-10-17(13-4-2-1-3-5-13)21-18(22)16(15)11-20/h1-10H,(H,21,22). The fourth-order valence-electron chi connectivity index (χ4n) is 2.30. The van der Waals surface area contributed by atoms with Gasteiger partial charge in [-0.1, -0.05) is 66.3 Å². The molecule has 1 aromatic heterocycles. The highest BCUT2D eigenvalue weighted by atomic mass is 35.5. The molecule has 3 rings (SSSR count). The van der Waals surface area contributed by atoms with E-state index in [4.69, 9.17) is 23.8 Å². The molecule has 0 bridgehead atoms. The number of benzene rings is 2. The summed E-state index contributed by atoms with van der Waals surface area (Å²) < 4.78 is 0.439. The molecule has 0 amide bonds. The van der Waals surface area contributed by atoms with Gasteiger partial charge in [-0.25, -0.2) is 0 Å². The topological polar surface area (TPSA) is 39.6 Å². The van der Waals surface area contributed by atoms with Crippen LogP contribution in [-0.2, 0) is 0 Å². The van der Waals surface area contributed by atoms with Gasteiger partial charge in [-0.3, -0.25) is 0 Å². The second-order valence-corrected chi connectivity index (χ2v) is 5.63. The van der Waals surface area contributed by atoms with Gasteiger partial charge >= 0.3 is 0 Å². The number of nitrogens with one attached hydrogen (secondary N) is 1. The maximum absolute atomic E-state index is 9.41. The predicted octanol–water partition coefficient (Wildman–Crippen LogP) is 5.60. The zero-order chi connectivity index (χ0) is 15.5. The van der Waals surface area contributed by atoms with Crippen LogP contribution in [0.5, 0.6) is 0 Å². The first kappa shape index (κ1) is 14.5. The van der Waals surface area contributed by atoms with Crippen molar-refractivity contribution in [1.29, 1.82) is 5.26 Å². The highest BCUT2D eigenvalue weighted by Gasteiger charge is 2.10. The van der Waals surface area contributed by atoms with Gasteiger partial charge in [-0.2, -0.15) is 5.26 Å². The van der Waals surface area contributed by atoms with Gasteiger partial charge < -0.3 is 4.98 Å². The third-order valence-electron chi connectivity index (χ3n) is 3.39. The lowest BCUT2D eigenvalue weighted by atomic mass is 9.99. The van der Waals surface area contributed by atoms with E-state index in [0.29, 0.717) is 15.2 Å². The average molecular weight is 323 g/mol. The number of hydrogen-bond acceptors (Lipinski definition) is 2. The first-order valence-electron chi connectivity index (χ1n) is 6.68. The van der Waals surface area contributed by atoms with Crippen LogP contribution in [0, 0.1) is 16.0 Å². The number of halogens is 1. The molecule has 2 aromatic carbocycles. The van der Waals surface area contributed by atoms with E-state index >= 15 is 0 Å². The van der Waals surface area contributed by atoms with Crippen LogP contribution in [-0.4, -0.2) is 4.98 Å². The van der Waals surface area contributed by atoms with Crippen molar-refractivity contribution in [2.75, 3.05) is 0 Å². The van der Waals surface area contributed by atoms with Crippen LogP contribution in [0.4, 0.5) is 0 Å². The number of pyridine rings is 1. The van der Waals surface area contributed by atoms with Crippen molar-refractivity contribution >= 4 is 23.8 Å². The van der Waals surface area contributed by atoms with E-state index in [9.17, 15) is 5.26 Å². The largest absolute Gasteiger partial charge is 0.345 e. The molecule has 0 radical (unpaired) electrons. The highest BCUT2D eigenvalue weighted by molar-refractivity contribution is 7.71. The lowest BCUT2D eigenvalue weighted by Crippen LogP contribution is -1.92. The van der Waals surface area contributed by atoms with E-state index in [1.807, 2.05) is 48.5 Å². The molecule has 0 fully saturated rings. The number of rotatable bonds is 2. The number of nitrogens with zero attached hydrogens (tertiary/aromatic N) is 1. The van der Waals surface area contributed by atoms with Crippen molar-refractivity contribution in [2.24, 2.45) is 0 Å². The monoisotopic (exact) mass is 322 g/mol. The van der Waals surface area contributed by atoms with Crippen molar-refractivity contribution in [3.05, 3.63) is 75.9 Å². The van der Waals surface area contributed by atoms with E-state index in [0.717, 1.165) is 22.4 Å². The number of nitriles is 1. The minimum Gasteiger partial charge on any atom is -0.345 e. The molecule has 0 saturated heterocycles. The van der Waals surface area contributed by atoms with Crippen LogP contribution >= 0.6 is 23.8 Å². The summed E-state index contributed by atoms with van der Waals surface area (Å²) in [5.74, 6) is 0. The Hall–Kier alpha value is -2.41. The van der Waals surface area contributed by atoms with Gasteiger partial charge in [0.2, 0.25) is 0 Å². The molecule has 106 valence electrons. The van der Waals surface area contributed by atoms with Crippen molar-refractivity contribution in [3.8, 4) is 28.5 Å². The molecule has 4 heteroatoms. The maximum Gasteiger partial charge on any atom is 0.122 e. The SMILES string of the molecule is N#Cc1c(-c2ccc(Cl)cc2)cc(-c2ccccc2)[nH]c1=S. The molecule has 0 saturated carbocycles. The Labute approximate surface area is 138 Å². The molecule has 1 N–H and O–H groups in total. The first-order valence-corrected chi connectivity index (χ1v) is 7.46. The number of hydrogen-bond donors (Lipinski definition) is 1. The fourth-order valence-corrected chi connectivity index (χ4v) is 2.69. The lowest BCUT2D eigenvalue weighted by Gasteiger charge is -2.09. The normalized spacial score (nSPS) is 10.2. The minimum atomic E-state index is 0.439. The predicted molar refractivity (Wildman–Crippen MR) is 92.2 cm³/mol. The summed E-state index contributed by atoms with van der Waals surface area (Å²) in [6.07, 6.45) is 0. The number of H-pyrrole nitrogens is 1. The molecule has 0 atom stereocenters. The summed E-state index contributed by atoms with van der Waals surface area (Å²) >= 11 is 11.3. The minimum absolute atomic E-state index is 0.439. The van der Waals surface area contributed by atoms with Gasteiger partial charge in [0.15, 0.2) is 0 Å². The first-order chi connectivity index (χ1) is 10.7. The molecule has 2 nitrogen and oxygen atoms in total. The Bertz CT molecular complexity index is 907. The van der Waals surface area contributed by atoms with E-state index in [2.05, 4.69) is 11.1 Å². The highest BCUT2D eigenvalue weighted by Crippen LogP contribution is 2.29. The van der Waals surface area contributed by atoms with Gasteiger partial charge in [0.25, 0.3) is 0 Å². The quantitative estimate of drug-likeness (QED) is 0.623. The summed E-state index contributed by atoms with van der Waals surface area (Å²) in [5, 5.41) is 10.1. The zero-order valence-corrected chi connectivity index (χ0v) is 13.1. The zero-order valence-electron chi connectivity index (χ0n) is 11.5. The molecule has 1 heterocycles. The summed E-state index contributed by atoms with van der Waals surface area (Å²) in [6.45, 7) is 0. The Balaban J connectivity index is 2.24. The Kier molecular flexibility index (Phi) is 4.06. The molecule has 0 aliphatic heterocycles. The molecule has 0 unspecified atom stereocenters. The molecule has 22 heavy (non-hydrogen) atoms. The molecule has 0 aliphatic rings. The van der Waals surface area contributed by atoms with Crippen molar-refractivity contribution in [2.45, 2.75) is 0 Å². The average Bonchev–Trinajstić information content (AvgIpc) is 2.55. The van der Waals surface area contributed by atoms with Gasteiger partial charge in [0.05, 0.1) is 5.56 Å². The molecule has 3 aromatic rings. The maximum atomic E-state index is 9.41. The van der Waals surface area contributed by atoms with Crippen LogP contribution in [0.15, 0.2) is 60.7 Å². The van der Waals surface area contributed by atoms with E-state index in [1.54, 1.807) is 12.1 Å². The summed E-state index contributed by atoms with van der Waals surface area (Å²) in [5.41, 5.74) is 4.10. The molecular formula is C18H11ClN2S. The van der Waals surface area contributed by atoms with Gasteiger partial charge in [-0.15, -0.1) is 0 Å². The van der Waals surface area contributed by atoms with E-state index < -0.39 is 0 Å². The third kappa shape index (κ3) is 2.80. The number of aromatic nitrogens is 1. The van der Waals surface area contributed by atoms with Gasteiger partial charge in [0, 0.05) is 16.3 Å². The van der Waals surface area contributed by atoms with E-state index in [1.165, 1.54) is 0 Å². The Morgan fingerprint density at radius 3 is 2.27 bits per heavy atom. The summed E-state index contributed by atoms with van der Waals surface area (Å²) in [7, 11) is 0. The Morgan fingerprint density at radius 1 is 0.955 bits per heavy atom.